The van der Waals surface area contributed by atoms with Gasteiger partial charge in [0.25, 0.3) is 5.91 Å². The minimum absolute atomic E-state index is 0.112. The summed E-state index contributed by atoms with van der Waals surface area (Å²) in [6.45, 7) is 0.394. The molecule has 0 aromatic heterocycles. The van der Waals surface area contributed by atoms with Crippen molar-refractivity contribution in [1.82, 2.24) is 16.0 Å². The number of benzene rings is 2. The summed E-state index contributed by atoms with van der Waals surface area (Å²) in [5.41, 5.74) is 2.18. The topological polar surface area (TPSA) is 74.8 Å². The number of carbonyl (C=O) groups excluding carboxylic acids is 1. The number of halogens is 2. The van der Waals surface area contributed by atoms with Crippen molar-refractivity contribution in [3.63, 3.8) is 0 Å². The third kappa shape index (κ3) is 7.77. The number of guanidine groups is 1. The minimum atomic E-state index is -2.88. The third-order valence-electron chi connectivity index (χ3n) is 4.07. The second kappa shape index (κ2) is 11.6. The molecule has 156 valence electrons. The molecular weight excluding hydrogens is 378 g/mol. The van der Waals surface area contributed by atoms with E-state index in [4.69, 9.17) is 0 Å². The van der Waals surface area contributed by atoms with Crippen LogP contribution in [0.4, 0.5) is 8.78 Å². The van der Waals surface area contributed by atoms with Gasteiger partial charge in [-0.25, -0.2) is 0 Å². The smallest absolute Gasteiger partial charge is 0.387 e. The molecule has 3 N–H and O–H groups in total. The second-order valence-electron chi connectivity index (χ2n) is 6.32. The first-order chi connectivity index (χ1) is 14.0. The van der Waals surface area contributed by atoms with Crippen molar-refractivity contribution in [3.05, 3.63) is 65.2 Å². The molecule has 0 aliphatic heterocycles. The van der Waals surface area contributed by atoms with Crippen LogP contribution in [0.1, 0.15) is 27.9 Å². The zero-order valence-corrected chi connectivity index (χ0v) is 16.5. The van der Waals surface area contributed by atoms with Gasteiger partial charge in [0.1, 0.15) is 5.75 Å². The van der Waals surface area contributed by atoms with Crippen LogP contribution in [-0.4, -0.2) is 38.6 Å². The van der Waals surface area contributed by atoms with Gasteiger partial charge in [0, 0.05) is 37.8 Å². The lowest BCUT2D eigenvalue weighted by Crippen LogP contribution is -2.38. The molecule has 0 aliphatic carbocycles. The highest BCUT2D eigenvalue weighted by molar-refractivity contribution is 5.94. The summed E-state index contributed by atoms with van der Waals surface area (Å²) in [5, 5.41) is 9.06. The Bertz CT molecular complexity index is 814. The van der Waals surface area contributed by atoms with E-state index in [1.165, 1.54) is 6.07 Å². The van der Waals surface area contributed by atoms with Crippen molar-refractivity contribution in [2.45, 2.75) is 26.5 Å². The summed E-state index contributed by atoms with van der Waals surface area (Å²) in [4.78, 5) is 16.1. The fourth-order valence-corrected chi connectivity index (χ4v) is 2.65. The molecule has 29 heavy (non-hydrogen) atoms. The zero-order valence-electron chi connectivity index (χ0n) is 16.5. The van der Waals surface area contributed by atoms with Crippen LogP contribution in [0.2, 0.25) is 0 Å². The molecule has 0 radical (unpaired) electrons. The van der Waals surface area contributed by atoms with Crippen LogP contribution in [0.15, 0.2) is 53.5 Å². The van der Waals surface area contributed by atoms with Crippen molar-refractivity contribution in [1.29, 1.82) is 0 Å². The molecule has 0 atom stereocenters. The number of aliphatic imine (C=N–C) groups is 1. The Morgan fingerprint density at radius 3 is 2.48 bits per heavy atom. The van der Waals surface area contributed by atoms with Crippen LogP contribution in [0, 0.1) is 6.92 Å². The van der Waals surface area contributed by atoms with Crippen molar-refractivity contribution in [2.24, 2.45) is 4.99 Å². The molecule has 0 aliphatic rings. The minimum Gasteiger partial charge on any atom is -0.434 e. The summed E-state index contributed by atoms with van der Waals surface area (Å²) in [7, 11) is 1.62. The van der Waals surface area contributed by atoms with Gasteiger partial charge < -0.3 is 20.7 Å². The Morgan fingerprint density at radius 2 is 1.79 bits per heavy atom. The molecule has 0 saturated heterocycles. The summed E-state index contributed by atoms with van der Waals surface area (Å²) in [6, 6.07) is 14.1. The van der Waals surface area contributed by atoms with Gasteiger partial charge in [-0.2, -0.15) is 8.78 Å². The first-order valence-corrected chi connectivity index (χ1v) is 9.31. The highest BCUT2D eigenvalue weighted by Crippen LogP contribution is 2.21. The van der Waals surface area contributed by atoms with Crippen LogP contribution in [0.25, 0.3) is 0 Å². The van der Waals surface area contributed by atoms with Gasteiger partial charge >= 0.3 is 6.61 Å². The van der Waals surface area contributed by atoms with E-state index >= 15 is 0 Å². The molecule has 8 heteroatoms. The maximum absolute atomic E-state index is 12.6. The molecule has 0 saturated carbocycles. The van der Waals surface area contributed by atoms with Gasteiger partial charge in [-0.1, -0.05) is 35.9 Å². The number of carbonyl (C=O) groups is 1. The molecule has 2 rings (SSSR count). The van der Waals surface area contributed by atoms with Gasteiger partial charge in [0.2, 0.25) is 0 Å². The first-order valence-electron chi connectivity index (χ1n) is 9.31. The van der Waals surface area contributed by atoms with Gasteiger partial charge in [-0.3, -0.25) is 9.79 Å². The Kier molecular flexibility index (Phi) is 8.88. The van der Waals surface area contributed by atoms with Gasteiger partial charge in [0.15, 0.2) is 5.96 Å². The number of rotatable bonds is 9. The molecule has 1 amide bonds. The standard InChI is InChI=1S/C21H26F2N4O2/c1-15-9-10-18(29-20(22)23)17(13-15)14-27-21(24-2)26-12-6-11-25-19(28)16-7-4-3-5-8-16/h3-5,7-10,13,20H,6,11-12,14H2,1-2H3,(H,25,28)(H2,24,26,27). The third-order valence-corrected chi connectivity index (χ3v) is 4.07. The number of nitrogens with one attached hydrogen (secondary N) is 3. The van der Waals surface area contributed by atoms with E-state index in [-0.39, 0.29) is 18.2 Å². The Labute approximate surface area is 169 Å². The van der Waals surface area contributed by atoms with E-state index in [9.17, 15) is 13.6 Å². The molecule has 0 heterocycles. The molecule has 6 nitrogen and oxygen atoms in total. The molecule has 0 bridgehead atoms. The van der Waals surface area contributed by atoms with Crippen LogP contribution in [0.3, 0.4) is 0 Å². The highest BCUT2D eigenvalue weighted by atomic mass is 19.3. The van der Waals surface area contributed by atoms with E-state index < -0.39 is 6.61 Å². The van der Waals surface area contributed by atoms with Gasteiger partial charge in [-0.15, -0.1) is 0 Å². The number of amides is 1. The predicted molar refractivity (Wildman–Crippen MR) is 109 cm³/mol. The summed E-state index contributed by atoms with van der Waals surface area (Å²) < 4.78 is 29.7. The van der Waals surface area contributed by atoms with Crippen LogP contribution in [0.5, 0.6) is 5.75 Å². The highest BCUT2D eigenvalue weighted by Gasteiger charge is 2.10. The largest absolute Gasteiger partial charge is 0.434 e. The SMILES string of the molecule is CN=C(NCCCNC(=O)c1ccccc1)NCc1cc(C)ccc1OC(F)F. The van der Waals surface area contributed by atoms with Crippen LogP contribution >= 0.6 is 0 Å². The van der Waals surface area contributed by atoms with Crippen molar-refractivity contribution in [3.8, 4) is 5.75 Å². The Morgan fingerprint density at radius 1 is 1.07 bits per heavy atom. The lowest BCUT2D eigenvalue weighted by Gasteiger charge is -2.15. The fraction of sp³-hybridized carbons (Fsp3) is 0.333. The Balaban J connectivity index is 1.74. The van der Waals surface area contributed by atoms with Crippen molar-refractivity contribution < 1.29 is 18.3 Å². The predicted octanol–water partition coefficient (Wildman–Crippen LogP) is 3.08. The van der Waals surface area contributed by atoms with E-state index in [2.05, 4.69) is 25.7 Å². The maximum Gasteiger partial charge on any atom is 0.387 e. The van der Waals surface area contributed by atoms with E-state index in [0.717, 1.165) is 5.56 Å². The molecule has 0 fully saturated rings. The quantitative estimate of drug-likeness (QED) is 0.341. The molecule has 0 unspecified atom stereocenters. The number of hydrogen-bond acceptors (Lipinski definition) is 3. The molecule has 2 aromatic rings. The first kappa shape index (κ1) is 22.1. The zero-order chi connectivity index (χ0) is 21.1. The monoisotopic (exact) mass is 404 g/mol. The normalized spacial score (nSPS) is 11.3. The van der Waals surface area contributed by atoms with Crippen molar-refractivity contribution >= 4 is 11.9 Å². The summed E-state index contributed by atoms with van der Waals surface area (Å²) >= 11 is 0. The van der Waals surface area contributed by atoms with E-state index in [1.807, 2.05) is 25.1 Å². The molecule has 0 spiro atoms. The van der Waals surface area contributed by atoms with E-state index in [0.29, 0.717) is 36.6 Å². The van der Waals surface area contributed by atoms with Crippen molar-refractivity contribution in [2.75, 3.05) is 20.1 Å². The summed E-state index contributed by atoms with van der Waals surface area (Å²) in [6.07, 6.45) is 0.698. The maximum atomic E-state index is 12.6. The number of ether oxygens (including phenoxy) is 1. The Hall–Kier alpha value is -3.16. The average molecular weight is 404 g/mol. The number of alkyl halides is 2. The number of nitrogens with zero attached hydrogens (tertiary/aromatic N) is 1. The fourth-order valence-electron chi connectivity index (χ4n) is 2.65. The van der Waals surface area contributed by atoms with Gasteiger partial charge in [-0.05, 0) is 31.5 Å². The van der Waals surface area contributed by atoms with Crippen LogP contribution < -0.4 is 20.7 Å². The lowest BCUT2D eigenvalue weighted by molar-refractivity contribution is -0.0504. The van der Waals surface area contributed by atoms with Gasteiger partial charge in [0.05, 0.1) is 0 Å². The molecular formula is C21H26F2N4O2. The number of aryl methyl sites for hydroxylation is 1. The second-order valence-corrected chi connectivity index (χ2v) is 6.32. The average Bonchev–Trinajstić information content (AvgIpc) is 2.72. The lowest BCUT2D eigenvalue weighted by atomic mass is 10.1. The van der Waals surface area contributed by atoms with Crippen LogP contribution in [-0.2, 0) is 6.54 Å². The number of hydrogen-bond donors (Lipinski definition) is 3. The van der Waals surface area contributed by atoms with E-state index in [1.54, 1.807) is 31.3 Å². The molecule has 2 aromatic carbocycles. The summed E-state index contributed by atoms with van der Waals surface area (Å²) in [5.74, 6) is 0.556.